The molecule has 2 aliphatic heterocycles. The number of nitrogens with one attached hydrogen (secondary N) is 1. The van der Waals surface area contributed by atoms with Crippen LogP contribution in [0.1, 0.15) is 18.4 Å². The number of hydrogen-bond donors (Lipinski definition) is 1. The van der Waals surface area contributed by atoms with Crippen LogP contribution in [-0.2, 0) is 6.54 Å². The van der Waals surface area contributed by atoms with Gasteiger partial charge in [-0.3, -0.25) is 4.99 Å². The molecule has 7 nitrogen and oxygen atoms in total. The Balaban J connectivity index is 1.27. The van der Waals surface area contributed by atoms with Crippen molar-refractivity contribution >= 4 is 11.8 Å². The van der Waals surface area contributed by atoms with Gasteiger partial charge in [-0.2, -0.15) is 0 Å². The molecule has 2 aliphatic rings. The summed E-state index contributed by atoms with van der Waals surface area (Å²) in [4.78, 5) is 16.2. The zero-order chi connectivity index (χ0) is 21.5. The number of piperazine rings is 1. The second-order valence-electron chi connectivity index (χ2n) is 8.33. The summed E-state index contributed by atoms with van der Waals surface area (Å²) >= 11 is 0. The fourth-order valence-corrected chi connectivity index (χ4v) is 4.17. The van der Waals surface area contributed by atoms with E-state index in [4.69, 9.17) is 4.74 Å². The van der Waals surface area contributed by atoms with E-state index in [1.54, 1.807) is 0 Å². The average Bonchev–Trinajstić information content (AvgIpc) is 2.82. The lowest BCUT2D eigenvalue weighted by atomic mass is 10.1. The van der Waals surface area contributed by atoms with Crippen LogP contribution in [0.3, 0.4) is 0 Å². The molecule has 0 unspecified atom stereocenters. The molecule has 2 saturated heterocycles. The SMILES string of the molecule is CN=C(NCc1ccnc(N2CCN(C)CC2)c1)N1CCC(Oc2ccccc2)CC1. The molecule has 166 valence electrons. The van der Waals surface area contributed by atoms with E-state index in [2.05, 4.69) is 49.2 Å². The molecule has 31 heavy (non-hydrogen) atoms. The van der Waals surface area contributed by atoms with Crippen LogP contribution in [0.4, 0.5) is 5.82 Å². The van der Waals surface area contributed by atoms with Gasteiger partial charge in [0.15, 0.2) is 5.96 Å². The Morgan fingerprint density at radius 1 is 1.06 bits per heavy atom. The standard InChI is InChI=1S/C24H34N6O/c1-25-24(30-12-9-22(10-13-30)31-21-6-4-3-5-7-21)27-19-20-8-11-26-23(18-20)29-16-14-28(2)15-17-29/h3-8,11,18,22H,9-10,12-17,19H2,1-2H3,(H,25,27). The number of para-hydroxylation sites is 1. The quantitative estimate of drug-likeness (QED) is 0.590. The molecular formula is C24H34N6O. The highest BCUT2D eigenvalue weighted by Crippen LogP contribution is 2.19. The first-order valence-corrected chi connectivity index (χ1v) is 11.3. The number of likely N-dealkylation sites (N-methyl/N-ethyl adjacent to an activating group) is 1. The van der Waals surface area contributed by atoms with E-state index in [0.717, 1.165) is 76.2 Å². The monoisotopic (exact) mass is 422 g/mol. The Hall–Kier alpha value is -2.80. The number of benzene rings is 1. The number of ether oxygens (including phenoxy) is 1. The number of anilines is 1. The molecule has 7 heteroatoms. The van der Waals surface area contributed by atoms with Crippen molar-refractivity contribution in [2.24, 2.45) is 4.99 Å². The van der Waals surface area contributed by atoms with Gasteiger partial charge in [-0.15, -0.1) is 0 Å². The van der Waals surface area contributed by atoms with E-state index < -0.39 is 0 Å². The lowest BCUT2D eigenvalue weighted by Gasteiger charge is -2.34. The number of piperidine rings is 1. The minimum Gasteiger partial charge on any atom is -0.490 e. The lowest BCUT2D eigenvalue weighted by Crippen LogP contribution is -2.47. The second kappa shape index (κ2) is 10.5. The van der Waals surface area contributed by atoms with Crippen molar-refractivity contribution in [3.63, 3.8) is 0 Å². The molecule has 0 bridgehead atoms. The Morgan fingerprint density at radius 3 is 2.52 bits per heavy atom. The smallest absolute Gasteiger partial charge is 0.193 e. The van der Waals surface area contributed by atoms with Crippen LogP contribution in [0.15, 0.2) is 53.7 Å². The second-order valence-corrected chi connectivity index (χ2v) is 8.33. The largest absolute Gasteiger partial charge is 0.490 e. The molecule has 4 rings (SSSR count). The third-order valence-corrected chi connectivity index (χ3v) is 6.09. The van der Waals surface area contributed by atoms with Crippen LogP contribution < -0.4 is 15.0 Å². The van der Waals surface area contributed by atoms with Crippen molar-refractivity contribution in [1.29, 1.82) is 0 Å². The fraction of sp³-hybridized carbons (Fsp3) is 0.500. The van der Waals surface area contributed by atoms with E-state index in [1.165, 1.54) is 5.56 Å². The molecule has 2 aromatic rings. The molecule has 1 N–H and O–H groups in total. The van der Waals surface area contributed by atoms with Gasteiger partial charge in [0, 0.05) is 71.9 Å². The number of nitrogens with zero attached hydrogens (tertiary/aromatic N) is 5. The maximum Gasteiger partial charge on any atom is 0.193 e. The van der Waals surface area contributed by atoms with E-state index in [1.807, 2.05) is 43.6 Å². The predicted octanol–water partition coefficient (Wildman–Crippen LogP) is 2.45. The van der Waals surface area contributed by atoms with E-state index in [9.17, 15) is 0 Å². The number of hydrogen-bond acceptors (Lipinski definition) is 5. The van der Waals surface area contributed by atoms with E-state index in [-0.39, 0.29) is 6.10 Å². The van der Waals surface area contributed by atoms with Gasteiger partial charge in [0.05, 0.1) is 0 Å². The first kappa shape index (κ1) is 21.4. The summed E-state index contributed by atoms with van der Waals surface area (Å²) in [6.07, 6.45) is 4.18. The first-order chi connectivity index (χ1) is 15.2. The molecule has 0 saturated carbocycles. The highest BCUT2D eigenvalue weighted by Gasteiger charge is 2.23. The van der Waals surface area contributed by atoms with Crippen molar-refractivity contribution in [3.8, 4) is 5.75 Å². The molecule has 0 aliphatic carbocycles. The van der Waals surface area contributed by atoms with Crippen LogP contribution in [0.5, 0.6) is 5.75 Å². The lowest BCUT2D eigenvalue weighted by molar-refractivity contribution is 0.129. The highest BCUT2D eigenvalue weighted by atomic mass is 16.5. The molecule has 0 spiro atoms. The van der Waals surface area contributed by atoms with Crippen LogP contribution in [0, 0.1) is 0 Å². The van der Waals surface area contributed by atoms with Gasteiger partial charge in [-0.05, 0) is 36.9 Å². The number of likely N-dealkylation sites (tertiary alicyclic amines) is 1. The summed E-state index contributed by atoms with van der Waals surface area (Å²) in [5, 5.41) is 3.54. The zero-order valence-corrected chi connectivity index (χ0v) is 18.7. The van der Waals surface area contributed by atoms with Crippen LogP contribution in [0.2, 0.25) is 0 Å². The van der Waals surface area contributed by atoms with Gasteiger partial charge in [0.25, 0.3) is 0 Å². The third-order valence-electron chi connectivity index (χ3n) is 6.09. The summed E-state index contributed by atoms with van der Waals surface area (Å²) in [7, 11) is 4.03. The number of aromatic nitrogens is 1. The van der Waals surface area contributed by atoms with Gasteiger partial charge in [0.2, 0.25) is 0 Å². The molecular weight excluding hydrogens is 388 g/mol. The maximum atomic E-state index is 6.12. The number of rotatable bonds is 5. The maximum absolute atomic E-state index is 6.12. The summed E-state index contributed by atoms with van der Waals surface area (Å²) in [6.45, 7) is 6.86. The van der Waals surface area contributed by atoms with Gasteiger partial charge < -0.3 is 24.8 Å². The number of pyridine rings is 1. The molecule has 0 amide bonds. The number of guanidine groups is 1. The Kier molecular flexibility index (Phi) is 7.25. The normalized spacial score (nSPS) is 18.8. The summed E-state index contributed by atoms with van der Waals surface area (Å²) in [6, 6.07) is 14.4. The van der Waals surface area contributed by atoms with E-state index in [0.29, 0.717) is 0 Å². The molecule has 3 heterocycles. The minimum absolute atomic E-state index is 0.267. The number of aliphatic imine (C=N–C) groups is 1. The topological polar surface area (TPSA) is 56.2 Å². The molecule has 0 radical (unpaired) electrons. The molecule has 0 atom stereocenters. The van der Waals surface area contributed by atoms with Crippen LogP contribution in [-0.4, -0.2) is 80.2 Å². The predicted molar refractivity (Wildman–Crippen MR) is 126 cm³/mol. The molecule has 2 fully saturated rings. The molecule has 1 aromatic carbocycles. The van der Waals surface area contributed by atoms with Crippen molar-refractivity contribution in [2.45, 2.75) is 25.5 Å². The Morgan fingerprint density at radius 2 is 1.81 bits per heavy atom. The zero-order valence-electron chi connectivity index (χ0n) is 18.7. The third kappa shape index (κ3) is 5.88. The molecule has 1 aromatic heterocycles. The van der Waals surface area contributed by atoms with Crippen molar-refractivity contribution in [3.05, 3.63) is 54.2 Å². The van der Waals surface area contributed by atoms with Crippen molar-refractivity contribution in [2.75, 3.05) is 58.3 Å². The Bertz CT molecular complexity index is 842. The first-order valence-electron chi connectivity index (χ1n) is 11.3. The minimum atomic E-state index is 0.267. The average molecular weight is 423 g/mol. The summed E-state index contributed by atoms with van der Waals surface area (Å²) < 4.78 is 6.12. The Labute approximate surface area is 185 Å². The fourth-order valence-electron chi connectivity index (χ4n) is 4.17. The van der Waals surface area contributed by atoms with Gasteiger partial charge in [0.1, 0.15) is 17.7 Å². The van der Waals surface area contributed by atoms with E-state index >= 15 is 0 Å². The van der Waals surface area contributed by atoms with Crippen molar-refractivity contribution < 1.29 is 4.74 Å². The van der Waals surface area contributed by atoms with Gasteiger partial charge in [-0.25, -0.2) is 4.98 Å². The van der Waals surface area contributed by atoms with Gasteiger partial charge in [-0.1, -0.05) is 18.2 Å². The summed E-state index contributed by atoms with van der Waals surface area (Å²) in [5.74, 6) is 2.98. The summed E-state index contributed by atoms with van der Waals surface area (Å²) in [5.41, 5.74) is 1.23. The van der Waals surface area contributed by atoms with Crippen LogP contribution >= 0.6 is 0 Å². The van der Waals surface area contributed by atoms with Crippen LogP contribution in [0.25, 0.3) is 0 Å². The van der Waals surface area contributed by atoms with Gasteiger partial charge >= 0.3 is 0 Å². The highest BCUT2D eigenvalue weighted by molar-refractivity contribution is 5.80. The van der Waals surface area contributed by atoms with Crippen molar-refractivity contribution in [1.82, 2.24) is 20.1 Å².